The molecule has 1 aromatic heterocycles. The van der Waals surface area contributed by atoms with Crippen LogP contribution in [0.5, 0.6) is 0 Å². The maximum Gasteiger partial charge on any atom is 0.0459 e. The number of nitrogens with one attached hydrogen (secondary N) is 1. The molecule has 0 aliphatic rings. The van der Waals surface area contributed by atoms with Crippen LogP contribution in [0, 0.1) is 0 Å². The van der Waals surface area contributed by atoms with E-state index in [1.165, 1.54) is 10.4 Å². The van der Waals surface area contributed by atoms with E-state index in [1.807, 2.05) is 29.5 Å². The van der Waals surface area contributed by atoms with Crippen LogP contribution in [0.25, 0.3) is 0 Å². The second-order valence-corrected chi connectivity index (χ2v) is 6.84. The molecule has 0 radical (unpaired) electrons. The van der Waals surface area contributed by atoms with Crippen molar-refractivity contribution in [1.29, 1.82) is 0 Å². The molecule has 2 aromatic rings. The van der Waals surface area contributed by atoms with Gasteiger partial charge >= 0.3 is 0 Å². The summed E-state index contributed by atoms with van der Waals surface area (Å²) in [6.45, 7) is 5.38. The molecule has 2 rings (SSSR count). The smallest absolute Gasteiger partial charge is 0.0459 e. The second-order valence-electron chi connectivity index (χ2n) is 5.07. The molecular formula is C17H21Cl2NS. The van der Waals surface area contributed by atoms with Gasteiger partial charge in [-0.2, -0.15) is 0 Å². The Labute approximate surface area is 141 Å². The lowest BCUT2D eigenvalue weighted by molar-refractivity contribution is 0.534. The quantitative estimate of drug-likeness (QED) is 0.660. The molecule has 0 spiro atoms. The standard InChI is InChI=1S/C17H21Cl2NS/c1-3-9-20-16(17-12(4-2)8-10-21-17)11-13-14(18)6-5-7-15(13)19/h5-8,10,16,20H,3-4,9,11H2,1-2H3. The van der Waals surface area contributed by atoms with Crippen LogP contribution in [0.2, 0.25) is 10.0 Å². The van der Waals surface area contributed by atoms with Gasteiger partial charge in [-0.1, -0.05) is 43.1 Å². The van der Waals surface area contributed by atoms with Crippen molar-refractivity contribution in [3.63, 3.8) is 0 Å². The van der Waals surface area contributed by atoms with Crippen molar-refractivity contribution in [1.82, 2.24) is 5.32 Å². The predicted octanol–water partition coefficient (Wildman–Crippen LogP) is 5.90. The molecule has 1 nitrogen and oxygen atoms in total. The fraction of sp³-hybridized carbons (Fsp3) is 0.412. The molecule has 0 fully saturated rings. The molecule has 1 atom stereocenters. The van der Waals surface area contributed by atoms with E-state index in [0.717, 1.165) is 41.4 Å². The van der Waals surface area contributed by atoms with Gasteiger partial charge in [-0.25, -0.2) is 0 Å². The highest BCUT2D eigenvalue weighted by molar-refractivity contribution is 7.10. The Bertz CT molecular complexity index is 560. The molecule has 1 aromatic carbocycles. The van der Waals surface area contributed by atoms with Gasteiger partial charge in [0.05, 0.1) is 0 Å². The Morgan fingerprint density at radius 3 is 2.48 bits per heavy atom. The van der Waals surface area contributed by atoms with Crippen LogP contribution in [0.3, 0.4) is 0 Å². The van der Waals surface area contributed by atoms with Crippen LogP contribution in [0.1, 0.15) is 42.3 Å². The Kier molecular flexibility index (Phi) is 6.56. The lowest BCUT2D eigenvalue weighted by Crippen LogP contribution is -2.24. The van der Waals surface area contributed by atoms with Crippen LogP contribution >= 0.6 is 34.5 Å². The number of rotatable bonds is 7. The lowest BCUT2D eigenvalue weighted by Gasteiger charge is -2.20. The zero-order chi connectivity index (χ0) is 15.2. The normalized spacial score (nSPS) is 12.6. The fourth-order valence-electron chi connectivity index (χ4n) is 2.45. The summed E-state index contributed by atoms with van der Waals surface area (Å²) < 4.78 is 0. The fourth-order valence-corrected chi connectivity index (χ4v) is 4.08. The average Bonchev–Trinajstić information content (AvgIpc) is 2.94. The summed E-state index contributed by atoms with van der Waals surface area (Å²) in [5.41, 5.74) is 2.45. The summed E-state index contributed by atoms with van der Waals surface area (Å²) in [4.78, 5) is 1.40. The van der Waals surface area contributed by atoms with Crippen LogP contribution in [-0.2, 0) is 12.8 Å². The molecule has 0 saturated carbocycles. The van der Waals surface area contributed by atoms with Gasteiger partial charge in [-0.05, 0) is 60.5 Å². The molecule has 1 unspecified atom stereocenters. The zero-order valence-electron chi connectivity index (χ0n) is 12.5. The number of halogens is 2. The molecule has 0 aliphatic heterocycles. The van der Waals surface area contributed by atoms with E-state index in [1.54, 1.807) is 0 Å². The average molecular weight is 342 g/mol. The van der Waals surface area contributed by atoms with Crippen molar-refractivity contribution < 1.29 is 0 Å². The number of hydrogen-bond donors (Lipinski definition) is 1. The van der Waals surface area contributed by atoms with Crippen molar-refractivity contribution in [2.24, 2.45) is 0 Å². The molecule has 0 bridgehead atoms. The van der Waals surface area contributed by atoms with E-state index in [9.17, 15) is 0 Å². The van der Waals surface area contributed by atoms with Crippen molar-refractivity contribution in [2.45, 2.75) is 39.2 Å². The largest absolute Gasteiger partial charge is 0.309 e. The third kappa shape index (κ3) is 4.23. The van der Waals surface area contributed by atoms with Gasteiger partial charge < -0.3 is 5.32 Å². The maximum absolute atomic E-state index is 6.33. The molecule has 0 aliphatic carbocycles. The summed E-state index contributed by atoms with van der Waals surface area (Å²) in [5, 5.41) is 7.31. The first kappa shape index (κ1) is 16.8. The maximum atomic E-state index is 6.33. The monoisotopic (exact) mass is 341 g/mol. The van der Waals surface area contributed by atoms with Gasteiger partial charge in [0, 0.05) is 21.0 Å². The van der Waals surface area contributed by atoms with Crippen molar-refractivity contribution >= 4 is 34.5 Å². The Hall–Kier alpha value is -0.540. The lowest BCUT2D eigenvalue weighted by atomic mass is 10.0. The molecule has 4 heteroatoms. The number of benzene rings is 1. The molecule has 1 heterocycles. The third-order valence-electron chi connectivity index (χ3n) is 3.59. The van der Waals surface area contributed by atoms with Crippen LogP contribution in [-0.4, -0.2) is 6.54 Å². The highest BCUT2D eigenvalue weighted by Gasteiger charge is 2.19. The van der Waals surface area contributed by atoms with E-state index in [2.05, 4.69) is 30.6 Å². The van der Waals surface area contributed by atoms with Crippen LogP contribution in [0.15, 0.2) is 29.6 Å². The molecule has 114 valence electrons. The molecule has 21 heavy (non-hydrogen) atoms. The number of thiophene rings is 1. The van der Waals surface area contributed by atoms with Gasteiger partial charge in [0.2, 0.25) is 0 Å². The highest BCUT2D eigenvalue weighted by atomic mass is 35.5. The van der Waals surface area contributed by atoms with Gasteiger partial charge in [-0.3, -0.25) is 0 Å². The molecular weight excluding hydrogens is 321 g/mol. The Balaban J connectivity index is 2.28. The van der Waals surface area contributed by atoms with Gasteiger partial charge in [0.1, 0.15) is 0 Å². The van der Waals surface area contributed by atoms with Gasteiger partial charge in [-0.15, -0.1) is 11.3 Å². The van der Waals surface area contributed by atoms with Gasteiger partial charge in [0.25, 0.3) is 0 Å². The summed E-state index contributed by atoms with van der Waals surface area (Å²) in [7, 11) is 0. The minimum absolute atomic E-state index is 0.275. The number of aryl methyl sites for hydroxylation is 1. The van der Waals surface area contributed by atoms with Crippen molar-refractivity contribution in [2.75, 3.05) is 6.54 Å². The van der Waals surface area contributed by atoms with Crippen LogP contribution < -0.4 is 5.32 Å². The summed E-state index contributed by atoms with van der Waals surface area (Å²) >= 11 is 14.5. The van der Waals surface area contributed by atoms with E-state index >= 15 is 0 Å². The van der Waals surface area contributed by atoms with Crippen molar-refractivity contribution in [3.8, 4) is 0 Å². The first-order valence-electron chi connectivity index (χ1n) is 7.39. The molecule has 0 saturated heterocycles. The first-order chi connectivity index (χ1) is 10.2. The van der Waals surface area contributed by atoms with E-state index in [0.29, 0.717) is 0 Å². The van der Waals surface area contributed by atoms with E-state index in [-0.39, 0.29) is 6.04 Å². The summed E-state index contributed by atoms with van der Waals surface area (Å²) in [6, 6.07) is 8.21. The molecule has 1 N–H and O–H groups in total. The summed E-state index contributed by atoms with van der Waals surface area (Å²) in [6.07, 6.45) is 2.99. The van der Waals surface area contributed by atoms with Gasteiger partial charge in [0.15, 0.2) is 0 Å². The van der Waals surface area contributed by atoms with Crippen LogP contribution in [0.4, 0.5) is 0 Å². The van der Waals surface area contributed by atoms with E-state index in [4.69, 9.17) is 23.2 Å². The minimum atomic E-state index is 0.275. The topological polar surface area (TPSA) is 12.0 Å². The predicted molar refractivity (Wildman–Crippen MR) is 94.9 cm³/mol. The van der Waals surface area contributed by atoms with Crippen molar-refractivity contribution in [3.05, 3.63) is 55.7 Å². The number of hydrogen-bond acceptors (Lipinski definition) is 2. The summed E-state index contributed by atoms with van der Waals surface area (Å²) in [5.74, 6) is 0. The SMILES string of the molecule is CCCNC(Cc1c(Cl)cccc1Cl)c1sccc1CC. The Morgan fingerprint density at radius 2 is 1.86 bits per heavy atom. The first-order valence-corrected chi connectivity index (χ1v) is 9.03. The highest BCUT2D eigenvalue weighted by Crippen LogP contribution is 2.33. The zero-order valence-corrected chi connectivity index (χ0v) is 14.8. The minimum Gasteiger partial charge on any atom is -0.309 e. The van der Waals surface area contributed by atoms with E-state index < -0.39 is 0 Å². The third-order valence-corrected chi connectivity index (χ3v) is 5.37. The molecule has 0 amide bonds. The second kappa shape index (κ2) is 8.19. The Morgan fingerprint density at radius 1 is 1.14 bits per heavy atom.